The molecule has 8 heteroatoms. The van der Waals surface area contributed by atoms with Gasteiger partial charge in [-0.2, -0.15) is 0 Å². The molecule has 3 aromatic carbocycles. The number of carboxylic acids is 1. The van der Waals surface area contributed by atoms with Crippen molar-refractivity contribution in [3.63, 3.8) is 0 Å². The molecular formula is C27H25BrN2O5. The summed E-state index contributed by atoms with van der Waals surface area (Å²) < 4.78 is 6.68. The highest BCUT2D eigenvalue weighted by molar-refractivity contribution is 9.10. The van der Waals surface area contributed by atoms with Crippen LogP contribution in [0.4, 0.5) is 0 Å². The van der Waals surface area contributed by atoms with Crippen LogP contribution >= 0.6 is 15.9 Å². The van der Waals surface area contributed by atoms with E-state index in [0.717, 1.165) is 21.2 Å². The Morgan fingerprint density at radius 3 is 2.20 bits per heavy atom. The van der Waals surface area contributed by atoms with Crippen molar-refractivity contribution in [2.24, 2.45) is 0 Å². The van der Waals surface area contributed by atoms with E-state index in [1.165, 1.54) is 12.1 Å². The number of benzene rings is 3. The van der Waals surface area contributed by atoms with Crippen molar-refractivity contribution in [1.82, 2.24) is 9.80 Å². The molecule has 0 unspecified atom stereocenters. The lowest BCUT2D eigenvalue weighted by Gasteiger charge is -2.34. The number of carbonyl (C=O) groups excluding carboxylic acids is 2. The third-order valence-electron chi connectivity index (χ3n) is 5.86. The second-order valence-electron chi connectivity index (χ2n) is 8.36. The largest absolute Gasteiger partial charge is 0.478 e. The van der Waals surface area contributed by atoms with Gasteiger partial charge in [0.15, 0.2) is 0 Å². The lowest BCUT2D eigenvalue weighted by Crippen LogP contribution is -2.48. The van der Waals surface area contributed by atoms with Crippen molar-refractivity contribution < 1.29 is 24.2 Å². The zero-order chi connectivity index (χ0) is 24.8. The Morgan fingerprint density at radius 2 is 1.57 bits per heavy atom. The Morgan fingerprint density at radius 1 is 0.943 bits per heavy atom. The quantitative estimate of drug-likeness (QED) is 0.464. The molecule has 0 radical (unpaired) electrons. The zero-order valence-electron chi connectivity index (χ0n) is 19.0. The number of amides is 2. The predicted octanol–water partition coefficient (Wildman–Crippen LogP) is 4.28. The first kappa shape index (κ1) is 24.6. The van der Waals surface area contributed by atoms with Crippen molar-refractivity contribution in [2.75, 3.05) is 19.7 Å². The molecule has 4 rings (SSSR count). The number of rotatable bonds is 8. The number of aromatic carboxylic acids is 1. The Hall–Kier alpha value is -3.49. The molecular weight excluding hydrogens is 512 g/mol. The zero-order valence-corrected chi connectivity index (χ0v) is 20.6. The van der Waals surface area contributed by atoms with Gasteiger partial charge in [-0.05, 0) is 41.0 Å². The van der Waals surface area contributed by atoms with Crippen LogP contribution in [-0.2, 0) is 27.4 Å². The first-order chi connectivity index (χ1) is 16.9. The maximum Gasteiger partial charge on any atom is 0.335 e. The third-order valence-corrected chi connectivity index (χ3v) is 6.39. The second kappa shape index (κ2) is 11.3. The summed E-state index contributed by atoms with van der Waals surface area (Å²) in [6.45, 7) is 0.814. The summed E-state index contributed by atoms with van der Waals surface area (Å²) in [5.74, 6) is -1.42. The fourth-order valence-corrected chi connectivity index (χ4v) is 4.19. The van der Waals surface area contributed by atoms with Crippen LogP contribution in [0, 0.1) is 0 Å². The Balaban J connectivity index is 1.49. The standard InChI is InChI=1S/C27H25BrN2O5/c28-23-12-10-21(11-13-23)24-16-30(26(32)18-35-24)17-25(31)29(14-19-4-2-1-3-5-19)15-20-6-8-22(9-7-20)27(33)34/h1-13,24H,14-18H2,(H,33,34)/t24-/m1/s1. The molecule has 1 atom stereocenters. The molecule has 1 N–H and O–H groups in total. The smallest absolute Gasteiger partial charge is 0.335 e. The predicted molar refractivity (Wildman–Crippen MR) is 134 cm³/mol. The summed E-state index contributed by atoms with van der Waals surface area (Å²) in [7, 11) is 0. The summed E-state index contributed by atoms with van der Waals surface area (Å²) in [5.41, 5.74) is 2.90. The van der Waals surface area contributed by atoms with E-state index in [1.54, 1.807) is 21.9 Å². The highest BCUT2D eigenvalue weighted by atomic mass is 79.9. The van der Waals surface area contributed by atoms with E-state index in [0.29, 0.717) is 19.6 Å². The van der Waals surface area contributed by atoms with Crippen LogP contribution in [0.2, 0.25) is 0 Å². The molecule has 1 heterocycles. The Labute approximate surface area is 212 Å². The third kappa shape index (κ3) is 6.55. The first-order valence-corrected chi connectivity index (χ1v) is 12.0. The number of halogens is 1. The number of hydrogen-bond acceptors (Lipinski definition) is 4. The van der Waals surface area contributed by atoms with Gasteiger partial charge in [-0.1, -0.05) is 70.5 Å². The summed E-state index contributed by atoms with van der Waals surface area (Å²) >= 11 is 3.42. The molecule has 0 aromatic heterocycles. The number of carbonyl (C=O) groups is 3. The van der Waals surface area contributed by atoms with Crippen molar-refractivity contribution in [3.8, 4) is 0 Å². The monoisotopic (exact) mass is 536 g/mol. The lowest BCUT2D eigenvalue weighted by molar-refractivity contribution is -0.154. The van der Waals surface area contributed by atoms with E-state index in [1.807, 2.05) is 54.6 Å². The molecule has 35 heavy (non-hydrogen) atoms. The fourth-order valence-electron chi connectivity index (χ4n) is 3.92. The average molecular weight is 537 g/mol. The molecule has 0 bridgehead atoms. The molecule has 1 fully saturated rings. The van der Waals surface area contributed by atoms with Gasteiger partial charge in [0.1, 0.15) is 12.7 Å². The highest BCUT2D eigenvalue weighted by Crippen LogP contribution is 2.24. The maximum atomic E-state index is 13.4. The van der Waals surface area contributed by atoms with Crippen LogP contribution in [0.1, 0.15) is 33.2 Å². The number of carboxylic acid groups (broad SMARTS) is 1. The van der Waals surface area contributed by atoms with Gasteiger partial charge in [-0.3, -0.25) is 9.59 Å². The van der Waals surface area contributed by atoms with Gasteiger partial charge in [0, 0.05) is 17.6 Å². The first-order valence-electron chi connectivity index (χ1n) is 11.2. The van der Waals surface area contributed by atoms with Crippen LogP contribution in [0.3, 0.4) is 0 Å². The number of nitrogens with zero attached hydrogens (tertiary/aromatic N) is 2. The molecule has 180 valence electrons. The van der Waals surface area contributed by atoms with Crippen LogP contribution < -0.4 is 0 Å². The van der Waals surface area contributed by atoms with E-state index >= 15 is 0 Å². The van der Waals surface area contributed by atoms with E-state index in [2.05, 4.69) is 15.9 Å². The average Bonchev–Trinajstić information content (AvgIpc) is 2.86. The molecule has 1 saturated heterocycles. The summed E-state index contributed by atoms with van der Waals surface area (Å²) in [6.07, 6.45) is -0.306. The van der Waals surface area contributed by atoms with Gasteiger partial charge >= 0.3 is 5.97 Å². The minimum atomic E-state index is -1.00. The normalized spacial score (nSPS) is 15.6. The SMILES string of the molecule is O=C(O)c1ccc(CN(Cc2ccccc2)C(=O)CN2C[C@H](c3ccc(Br)cc3)OCC2=O)cc1. The highest BCUT2D eigenvalue weighted by Gasteiger charge is 2.30. The van der Waals surface area contributed by atoms with Crippen LogP contribution in [0.5, 0.6) is 0 Å². The van der Waals surface area contributed by atoms with Gasteiger partial charge in [0.05, 0.1) is 18.7 Å². The summed E-state index contributed by atoms with van der Waals surface area (Å²) in [4.78, 5) is 40.4. The Bertz CT molecular complexity index is 1180. The van der Waals surface area contributed by atoms with Gasteiger partial charge in [-0.15, -0.1) is 0 Å². The second-order valence-corrected chi connectivity index (χ2v) is 9.28. The van der Waals surface area contributed by atoms with Gasteiger partial charge in [0.2, 0.25) is 11.8 Å². The van der Waals surface area contributed by atoms with E-state index in [4.69, 9.17) is 9.84 Å². The van der Waals surface area contributed by atoms with Crippen molar-refractivity contribution >= 4 is 33.7 Å². The van der Waals surface area contributed by atoms with Crippen LogP contribution in [-0.4, -0.2) is 52.4 Å². The lowest BCUT2D eigenvalue weighted by atomic mass is 10.1. The number of morpholine rings is 1. The van der Waals surface area contributed by atoms with Crippen molar-refractivity contribution in [3.05, 3.63) is 106 Å². The molecule has 1 aliphatic rings. The molecule has 0 saturated carbocycles. The maximum absolute atomic E-state index is 13.4. The molecule has 3 aromatic rings. The molecule has 1 aliphatic heterocycles. The number of hydrogen-bond donors (Lipinski definition) is 1. The summed E-state index contributed by atoms with van der Waals surface area (Å²) in [6, 6.07) is 23.8. The van der Waals surface area contributed by atoms with Gasteiger partial charge < -0.3 is 19.6 Å². The van der Waals surface area contributed by atoms with Crippen molar-refractivity contribution in [1.29, 1.82) is 0 Å². The van der Waals surface area contributed by atoms with Crippen LogP contribution in [0.25, 0.3) is 0 Å². The Kier molecular flexibility index (Phi) is 7.94. The van der Waals surface area contributed by atoms with E-state index in [-0.39, 0.29) is 36.6 Å². The van der Waals surface area contributed by atoms with E-state index in [9.17, 15) is 14.4 Å². The van der Waals surface area contributed by atoms with E-state index < -0.39 is 5.97 Å². The summed E-state index contributed by atoms with van der Waals surface area (Å²) in [5, 5.41) is 9.15. The fraction of sp³-hybridized carbons (Fsp3) is 0.222. The molecule has 0 aliphatic carbocycles. The van der Waals surface area contributed by atoms with Gasteiger partial charge in [-0.25, -0.2) is 4.79 Å². The van der Waals surface area contributed by atoms with Crippen LogP contribution in [0.15, 0.2) is 83.3 Å². The molecule has 7 nitrogen and oxygen atoms in total. The van der Waals surface area contributed by atoms with Crippen molar-refractivity contribution in [2.45, 2.75) is 19.2 Å². The number of ether oxygens (including phenoxy) is 1. The molecule has 0 spiro atoms. The minimum absolute atomic E-state index is 0.0603. The minimum Gasteiger partial charge on any atom is -0.478 e. The van der Waals surface area contributed by atoms with Gasteiger partial charge in [0.25, 0.3) is 0 Å². The molecule has 2 amide bonds. The topological polar surface area (TPSA) is 87.2 Å².